The molecule has 0 fully saturated rings. The van der Waals surface area contributed by atoms with Crippen LogP contribution in [0, 0.1) is 10.1 Å². The number of methoxy groups -OCH3 is 1. The minimum absolute atomic E-state index is 0.0398. The van der Waals surface area contributed by atoms with Crippen molar-refractivity contribution in [2.24, 2.45) is 0 Å². The molecule has 0 spiro atoms. The Hall–Kier alpha value is -3.87. The second kappa shape index (κ2) is 10.6. The quantitative estimate of drug-likeness (QED) is 0.202. The van der Waals surface area contributed by atoms with E-state index in [-0.39, 0.29) is 17.2 Å². The summed E-state index contributed by atoms with van der Waals surface area (Å²) in [5.74, 6) is -0.450. The molecule has 0 radical (unpaired) electrons. The molecule has 35 heavy (non-hydrogen) atoms. The van der Waals surface area contributed by atoms with Gasteiger partial charge in [0, 0.05) is 12.1 Å². The highest BCUT2D eigenvalue weighted by molar-refractivity contribution is 6.32. The van der Waals surface area contributed by atoms with Gasteiger partial charge in [-0.25, -0.2) is 22.2 Å². The molecule has 9 nitrogen and oxygen atoms in total. The number of halogens is 5. The van der Waals surface area contributed by atoms with Crippen LogP contribution in [-0.4, -0.2) is 27.7 Å². The van der Waals surface area contributed by atoms with E-state index >= 15 is 0 Å². The van der Waals surface area contributed by atoms with Crippen LogP contribution in [0.3, 0.4) is 0 Å². The molecule has 1 N–H and O–H groups in total. The molecule has 0 aliphatic rings. The summed E-state index contributed by atoms with van der Waals surface area (Å²) in [5.41, 5.74) is -2.71. The van der Waals surface area contributed by atoms with Crippen LogP contribution in [0.25, 0.3) is 0 Å². The van der Waals surface area contributed by atoms with Gasteiger partial charge in [-0.15, -0.1) is 0 Å². The van der Waals surface area contributed by atoms with Gasteiger partial charge in [-0.3, -0.25) is 14.9 Å². The van der Waals surface area contributed by atoms with Gasteiger partial charge >= 0.3 is 0 Å². The minimum atomic E-state index is -3.29. The number of nitro benzene ring substituents is 1. The average Bonchev–Trinajstić information content (AvgIpc) is 3.16. The maximum absolute atomic E-state index is 13.5. The van der Waals surface area contributed by atoms with E-state index in [2.05, 4.69) is 10.4 Å². The third kappa shape index (κ3) is 5.62. The second-order valence-electron chi connectivity index (χ2n) is 7.02. The number of ether oxygens (including phenoxy) is 2. The molecule has 0 bridgehead atoms. The Labute approximate surface area is 200 Å². The molecular weight excluding hydrogens is 500 g/mol. The monoisotopic (exact) mass is 516 g/mol. The van der Waals surface area contributed by atoms with Gasteiger partial charge in [-0.2, -0.15) is 5.10 Å². The number of aromatic nitrogens is 2. The SMILES string of the molecule is COc1ccccc1Oc1cc(NC(=O)C(C)n2nc(C(F)F)c(Cl)c2C(F)F)cc([N+](=O)[O-])c1. The van der Waals surface area contributed by atoms with Gasteiger partial charge in [0.15, 0.2) is 11.5 Å². The predicted octanol–water partition coefficient (Wildman–Crippen LogP) is 6.32. The summed E-state index contributed by atoms with van der Waals surface area (Å²) >= 11 is 5.63. The maximum atomic E-state index is 13.5. The zero-order valence-corrected chi connectivity index (χ0v) is 18.8. The van der Waals surface area contributed by atoms with Crippen LogP contribution < -0.4 is 14.8 Å². The van der Waals surface area contributed by atoms with Crippen LogP contribution in [0.4, 0.5) is 28.9 Å². The number of benzene rings is 2. The molecule has 0 aliphatic carbocycles. The summed E-state index contributed by atoms with van der Waals surface area (Å²) in [7, 11) is 1.40. The van der Waals surface area contributed by atoms with Crippen LogP contribution in [0.15, 0.2) is 42.5 Å². The minimum Gasteiger partial charge on any atom is -0.493 e. The average molecular weight is 517 g/mol. The third-order valence-electron chi connectivity index (χ3n) is 4.74. The van der Waals surface area contributed by atoms with Crippen molar-refractivity contribution in [1.82, 2.24) is 9.78 Å². The topological polar surface area (TPSA) is 109 Å². The standard InChI is InChI=1S/C21H17ClF4N4O5/c1-10(29-18(20(25)26)16(22)17(28-29)19(23)24)21(31)27-11-7-12(30(32)33)9-13(8-11)35-15-6-4-3-5-14(15)34-2/h3-10,19-20H,1-2H3,(H,27,31). The number of rotatable bonds is 9. The first-order valence-electron chi connectivity index (χ1n) is 9.78. The van der Waals surface area contributed by atoms with Gasteiger partial charge in [0.05, 0.1) is 28.8 Å². The summed E-state index contributed by atoms with van der Waals surface area (Å²) < 4.78 is 64.3. The molecule has 1 unspecified atom stereocenters. The van der Waals surface area contributed by atoms with Crippen molar-refractivity contribution in [3.8, 4) is 17.2 Å². The fraction of sp³-hybridized carbons (Fsp3) is 0.238. The van der Waals surface area contributed by atoms with Crippen molar-refractivity contribution in [3.63, 3.8) is 0 Å². The maximum Gasteiger partial charge on any atom is 0.283 e. The Morgan fingerprint density at radius 3 is 2.37 bits per heavy atom. The summed E-state index contributed by atoms with van der Waals surface area (Å²) in [4.78, 5) is 23.4. The molecule has 186 valence electrons. The lowest BCUT2D eigenvalue weighted by molar-refractivity contribution is -0.384. The number of non-ortho nitro benzene ring substituents is 1. The number of carbonyl (C=O) groups is 1. The molecular formula is C21H17ClF4N4O5. The van der Waals surface area contributed by atoms with Crippen LogP contribution >= 0.6 is 11.6 Å². The van der Waals surface area contributed by atoms with E-state index in [1.165, 1.54) is 13.2 Å². The first kappa shape index (κ1) is 25.7. The van der Waals surface area contributed by atoms with Gasteiger partial charge in [0.25, 0.3) is 18.5 Å². The van der Waals surface area contributed by atoms with Gasteiger partial charge in [-0.1, -0.05) is 23.7 Å². The molecule has 1 aromatic heterocycles. The molecule has 3 rings (SSSR count). The van der Waals surface area contributed by atoms with Gasteiger partial charge in [-0.05, 0) is 19.1 Å². The largest absolute Gasteiger partial charge is 0.493 e. The van der Waals surface area contributed by atoms with E-state index in [1.807, 2.05) is 0 Å². The zero-order chi connectivity index (χ0) is 25.9. The molecule has 1 amide bonds. The molecule has 1 atom stereocenters. The lowest BCUT2D eigenvalue weighted by Gasteiger charge is -2.16. The highest BCUT2D eigenvalue weighted by atomic mass is 35.5. The van der Waals surface area contributed by atoms with E-state index in [9.17, 15) is 32.5 Å². The molecule has 0 saturated heterocycles. The van der Waals surface area contributed by atoms with Gasteiger partial charge in [0.2, 0.25) is 5.91 Å². The Bertz CT molecular complexity index is 1250. The molecule has 3 aromatic rings. The van der Waals surface area contributed by atoms with Crippen LogP contribution in [-0.2, 0) is 4.79 Å². The predicted molar refractivity (Wildman–Crippen MR) is 117 cm³/mol. The van der Waals surface area contributed by atoms with Crippen molar-refractivity contribution < 1.29 is 36.8 Å². The number of nitro groups is 1. The number of alkyl halides is 4. The van der Waals surface area contributed by atoms with E-state index in [0.29, 0.717) is 10.4 Å². The number of nitrogens with zero attached hydrogens (tertiary/aromatic N) is 3. The highest BCUT2D eigenvalue weighted by Crippen LogP contribution is 2.37. The third-order valence-corrected chi connectivity index (χ3v) is 5.13. The number of para-hydroxylation sites is 2. The number of anilines is 1. The Morgan fingerprint density at radius 1 is 1.14 bits per heavy atom. The van der Waals surface area contributed by atoms with Gasteiger partial charge in [0.1, 0.15) is 23.2 Å². The summed E-state index contributed by atoms with van der Waals surface area (Å²) in [6, 6.07) is 8.30. The summed E-state index contributed by atoms with van der Waals surface area (Å²) in [6.45, 7) is 1.13. The smallest absolute Gasteiger partial charge is 0.283 e. The first-order valence-corrected chi connectivity index (χ1v) is 10.2. The lowest BCUT2D eigenvalue weighted by atomic mass is 10.2. The van der Waals surface area contributed by atoms with Crippen LogP contribution in [0.5, 0.6) is 17.2 Å². The van der Waals surface area contributed by atoms with Crippen LogP contribution in [0.2, 0.25) is 5.02 Å². The number of hydrogen-bond donors (Lipinski definition) is 1. The van der Waals surface area contributed by atoms with Crippen molar-refractivity contribution in [2.75, 3.05) is 12.4 Å². The molecule has 2 aromatic carbocycles. The van der Waals surface area contributed by atoms with E-state index < -0.39 is 51.8 Å². The molecule has 14 heteroatoms. The number of carbonyl (C=O) groups excluding carboxylic acids is 1. The normalized spacial score (nSPS) is 12.0. The fourth-order valence-electron chi connectivity index (χ4n) is 3.08. The fourth-order valence-corrected chi connectivity index (χ4v) is 3.37. The van der Waals surface area contributed by atoms with Crippen molar-refractivity contribution in [2.45, 2.75) is 25.8 Å². The molecule has 0 aliphatic heterocycles. The molecule has 1 heterocycles. The summed E-state index contributed by atoms with van der Waals surface area (Å²) in [6.07, 6.45) is -6.54. The van der Waals surface area contributed by atoms with Crippen LogP contribution in [0.1, 0.15) is 37.2 Å². The summed E-state index contributed by atoms with van der Waals surface area (Å²) in [5, 5.41) is 16.1. The van der Waals surface area contributed by atoms with Gasteiger partial charge < -0.3 is 14.8 Å². The first-order chi connectivity index (χ1) is 16.5. The Kier molecular flexibility index (Phi) is 7.79. The van der Waals surface area contributed by atoms with E-state index in [0.717, 1.165) is 19.1 Å². The van der Waals surface area contributed by atoms with E-state index in [1.54, 1.807) is 24.3 Å². The number of amides is 1. The number of nitrogens with one attached hydrogen (secondary N) is 1. The van der Waals surface area contributed by atoms with Crippen molar-refractivity contribution in [3.05, 3.63) is 69.0 Å². The van der Waals surface area contributed by atoms with Crippen molar-refractivity contribution in [1.29, 1.82) is 0 Å². The second-order valence-corrected chi connectivity index (χ2v) is 7.40. The Balaban J connectivity index is 1.93. The zero-order valence-electron chi connectivity index (χ0n) is 18.0. The van der Waals surface area contributed by atoms with E-state index in [4.69, 9.17) is 21.1 Å². The molecule has 0 saturated carbocycles. The number of hydrogen-bond acceptors (Lipinski definition) is 6. The highest BCUT2D eigenvalue weighted by Gasteiger charge is 2.32. The lowest BCUT2D eigenvalue weighted by Crippen LogP contribution is -2.26. The Morgan fingerprint density at radius 2 is 1.80 bits per heavy atom. The van der Waals surface area contributed by atoms with Crippen molar-refractivity contribution >= 4 is 28.9 Å².